The van der Waals surface area contributed by atoms with Crippen LogP contribution in [0.4, 0.5) is 5.69 Å². The van der Waals surface area contributed by atoms with Crippen LogP contribution < -0.4 is 5.32 Å². The Balaban J connectivity index is 1.72. The van der Waals surface area contributed by atoms with E-state index in [-0.39, 0.29) is 11.8 Å². The predicted octanol–water partition coefficient (Wildman–Crippen LogP) is 3.12. The number of carbonyl (C=O) groups excluding carboxylic acids is 2. The fourth-order valence-electron chi connectivity index (χ4n) is 2.93. The van der Waals surface area contributed by atoms with Gasteiger partial charge in [-0.05, 0) is 36.6 Å². The van der Waals surface area contributed by atoms with Crippen LogP contribution in [0.2, 0.25) is 0 Å². The van der Waals surface area contributed by atoms with Gasteiger partial charge in [0.05, 0.1) is 0 Å². The average Bonchev–Trinajstić information content (AvgIpc) is 2.89. The molecule has 1 atom stereocenters. The van der Waals surface area contributed by atoms with Crippen molar-refractivity contribution in [2.24, 2.45) is 0 Å². The van der Waals surface area contributed by atoms with Crippen molar-refractivity contribution in [1.29, 1.82) is 0 Å². The van der Waals surface area contributed by atoms with E-state index in [0.29, 0.717) is 19.4 Å². The fourth-order valence-corrected chi connectivity index (χ4v) is 2.93. The van der Waals surface area contributed by atoms with Crippen LogP contribution in [0.15, 0.2) is 54.6 Å². The molecule has 0 aromatic heterocycles. The number of anilines is 1. The van der Waals surface area contributed by atoms with E-state index < -0.39 is 6.04 Å². The number of carbonyl (C=O) groups is 2. The topological polar surface area (TPSA) is 49.4 Å². The molecular weight excluding hydrogens is 288 g/mol. The summed E-state index contributed by atoms with van der Waals surface area (Å²) in [7, 11) is 0. The van der Waals surface area contributed by atoms with Gasteiger partial charge in [0.15, 0.2) is 0 Å². The minimum atomic E-state index is -0.400. The number of amides is 2. The van der Waals surface area contributed by atoms with Crippen LogP contribution in [0.1, 0.15) is 24.0 Å². The van der Waals surface area contributed by atoms with Gasteiger partial charge in [-0.25, -0.2) is 0 Å². The first-order valence-electron chi connectivity index (χ1n) is 7.84. The maximum Gasteiger partial charge on any atom is 0.247 e. The van der Waals surface area contributed by atoms with Crippen LogP contribution >= 0.6 is 0 Å². The normalized spacial score (nSPS) is 17.3. The molecule has 1 N–H and O–H groups in total. The largest absolute Gasteiger partial charge is 0.326 e. The molecule has 1 unspecified atom stereocenters. The van der Waals surface area contributed by atoms with Gasteiger partial charge in [0.1, 0.15) is 6.04 Å². The lowest BCUT2D eigenvalue weighted by Gasteiger charge is -2.24. The molecule has 2 aromatic rings. The maximum absolute atomic E-state index is 12.6. The summed E-state index contributed by atoms with van der Waals surface area (Å²) < 4.78 is 0. The first kappa shape index (κ1) is 15.3. The Hall–Kier alpha value is -2.62. The maximum atomic E-state index is 12.6. The van der Waals surface area contributed by atoms with Gasteiger partial charge in [-0.3, -0.25) is 9.59 Å². The summed E-state index contributed by atoms with van der Waals surface area (Å²) in [6.07, 6.45) is 1.00. The molecule has 4 heteroatoms. The molecule has 0 bridgehead atoms. The zero-order chi connectivity index (χ0) is 16.2. The molecule has 1 fully saturated rings. The molecule has 2 aromatic carbocycles. The van der Waals surface area contributed by atoms with Crippen LogP contribution in [-0.4, -0.2) is 22.8 Å². The predicted molar refractivity (Wildman–Crippen MR) is 89.8 cm³/mol. The SMILES string of the molecule is Cc1cccc(NC(=O)C2CCC(=O)N2Cc2ccccc2)c1. The first-order chi connectivity index (χ1) is 11.1. The minimum absolute atomic E-state index is 0.0400. The lowest BCUT2D eigenvalue weighted by molar-refractivity contribution is -0.133. The molecule has 2 amide bonds. The molecule has 1 heterocycles. The van der Waals surface area contributed by atoms with Crippen molar-refractivity contribution in [1.82, 2.24) is 4.90 Å². The number of nitrogens with one attached hydrogen (secondary N) is 1. The second-order valence-corrected chi connectivity index (χ2v) is 5.92. The van der Waals surface area contributed by atoms with Gasteiger partial charge in [-0.2, -0.15) is 0 Å². The van der Waals surface area contributed by atoms with E-state index in [1.54, 1.807) is 4.90 Å². The van der Waals surface area contributed by atoms with E-state index in [2.05, 4.69) is 5.32 Å². The lowest BCUT2D eigenvalue weighted by atomic mass is 10.1. The third-order valence-electron chi connectivity index (χ3n) is 4.11. The summed E-state index contributed by atoms with van der Waals surface area (Å²) in [5, 5.41) is 2.93. The number of aryl methyl sites for hydroxylation is 1. The van der Waals surface area contributed by atoms with E-state index in [4.69, 9.17) is 0 Å². The Morgan fingerprint density at radius 3 is 2.70 bits per heavy atom. The molecule has 0 saturated carbocycles. The highest BCUT2D eigenvalue weighted by Crippen LogP contribution is 2.23. The van der Waals surface area contributed by atoms with Crippen LogP contribution in [-0.2, 0) is 16.1 Å². The molecular formula is C19H20N2O2. The molecule has 23 heavy (non-hydrogen) atoms. The van der Waals surface area contributed by atoms with E-state index in [9.17, 15) is 9.59 Å². The number of rotatable bonds is 4. The summed E-state index contributed by atoms with van der Waals surface area (Å²) in [5.41, 5.74) is 2.90. The van der Waals surface area contributed by atoms with Gasteiger partial charge in [0.2, 0.25) is 11.8 Å². The number of likely N-dealkylation sites (tertiary alicyclic amines) is 1. The van der Waals surface area contributed by atoms with Gasteiger partial charge >= 0.3 is 0 Å². The number of hydrogen-bond donors (Lipinski definition) is 1. The smallest absolute Gasteiger partial charge is 0.247 e. The fraction of sp³-hybridized carbons (Fsp3) is 0.263. The van der Waals surface area contributed by atoms with Crippen molar-refractivity contribution >= 4 is 17.5 Å². The van der Waals surface area contributed by atoms with Crippen molar-refractivity contribution in [2.75, 3.05) is 5.32 Å². The molecule has 4 nitrogen and oxygen atoms in total. The van der Waals surface area contributed by atoms with Crippen molar-refractivity contribution < 1.29 is 9.59 Å². The molecule has 3 rings (SSSR count). The van der Waals surface area contributed by atoms with Crippen LogP contribution in [0.25, 0.3) is 0 Å². The van der Waals surface area contributed by atoms with Gasteiger partial charge in [0.25, 0.3) is 0 Å². The lowest BCUT2D eigenvalue weighted by Crippen LogP contribution is -2.41. The second-order valence-electron chi connectivity index (χ2n) is 5.92. The Morgan fingerprint density at radius 2 is 1.96 bits per heavy atom. The Morgan fingerprint density at radius 1 is 1.17 bits per heavy atom. The summed E-state index contributed by atoms with van der Waals surface area (Å²) in [6, 6.07) is 17.1. The second kappa shape index (κ2) is 6.65. The van der Waals surface area contributed by atoms with Gasteiger partial charge in [0, 0.05) is 18.7 Å². The van der Waals surface area contributed by atoms with Crippen molar-refractivity contribution in [3.05, 3.63) is 65.7 Å². The molecule has 118 valence electrons. The number of benzene rings is 2. The van der Waals surface area contributed by atoms with Gasteiger partial charge in [-0.1, -0.05) is 42.5 Å². The highest BCUT2D eigenvalue weighted by atomic mass is 16.2. The van der Waals surface area contributed by atoms with E-state index >= 15 is 0 Å². The van der Waals surface area contributed by atoms with E-state index in [1.165, 1.54) is 0 Å². The molecule has 0 radical (unpaired) electrons. The average molecular weight is 308 g/mol. The van der Waals surface area contributed by atoms with Crippen LogP contribution in [0.5, 0.6) is 0 Å². The van der Waals surface area contributed by atoms with Crippen molar-refractivity contribution in [3.63, 3.8) is 0 Å². The molecule has 0 spiro atoms. The molecule has 1 aliphatic heterocycles. The highest BCUT2D eigenvalue weighted by molar-refractivity contribution is 5.99. The van der Waals surface area contributed by atoms with Gasteiger partial charge < -0.3 is 10.2 Å². The van der Waals surface area contributed by atoms with Gasteiger partial charge in [-0.15, -0.1) is 0 Å². The Kier molecular flexibility index (Phi) is 4.42. The standard InChI is InChI=1S/C19H20N2O2/c1-14-6-5-9-16(12-14)20-19(23)17-10-11-18(22)21(17)13-15-7-3-2-4-8-15/h2-9,12,17H,10-11,13H2,1H3,(H,20,23). The summed E-state index contributed by atoms with van der Waals surface area (Å²) in [4.78, 5) is 26.4. The Bertz CT molecular complexity index is 712. The summed E-state index contributed by atoms with van der Waals surface area (Å²) in [5.74, 6) is -0.0735. The highest BCUT2D eigenvalue weighted by Gasteiger charge is 2.35. The van der Waals surface area contributed by atoms with Crippen molar-refractivity contribution in [2.45, 2.75) is 32.4 Å². The number of nitrogens with zero attached hydrogens (tertiary/aromatic N) is 1. The summed E-state index contributed by atoms with van der Waals surface area (Å²) >= 11 is 0. The third-order valence-corrected chi connectivity index (χ3v) is 4.11. The molecule has 0 aliphatic carbocycles. The van der Waals surface area contributed by atoms with E-state index in [0.717, 1.165) is 16.8 Å². The quantitative estimate of drug-likeness (QED) is 0.943. The number of hydrogen-bond acceptors (Lipinski definition) is 2. The van der Waals surface area contributed by atoms with E-state index in [1.807, 2.05) is 61.5 Å². The Labute approximate surface area is 136 Å². The molecule has 1 aliphatic rings. The summed E-state index contributed by atoms with van der Waals surface area (Å²) in [6.45, 7) is 2.46. The minimum Gasteiger partial charge on any atom is -0.326 e. The first-order valence-corrected chi connectivity index (χ1v) is 7.84. The van der Waals surface area contributed by atoms with Crippen molar-refractivity contribution in [3.8, 4) is 0 Å². The van der Waals surface area contributed by atoms with Crippen LogP contribution in [0, 0.1) is 6.92 Å². The zero-order valence-corrected chi connectivity index (χ0v) is 13.2. The third kappa shape index (κ3) is 3.59. The van der Waals surface area contributed by atoms with Crippen LogP contribution in [0.3, 0.4) is 0 Å². The molecule has 1 saturated heterocycles. The monoisotopic (exact) mass is 308 g/mol. The zero-order valence-electron chi connectivity index (χ0n) is 13.2.